The van der Waals surface area contributed by atoms with Crippen molar-refractivity contribution in [2.75, 3.05) is 19.8 Å². The summed E-state index contributed by atoms with van der Waals surface area (Å²) in [6.07, 6.45) is 4.59. The number of aliphatic hydroxyl groups is 1. The Labute approximate surface area is 153 Å². The van der Waals surface area contributed by atoms with E-state index in [-0.39, 0.29) is 11.8 Å². The molecule has 2 heterocycles. The van der Waals surface area contributed by atoms with Crippen LogP contribution in [0, 0.1) is 5.92 Å². The summed E-state index contributed by atoms with van der Waals surface area (Å²) in [4.78, 5) is 16.2. The number of nitrogens with one attached hydrogen (secondary N) is 1. The van der Waals surface area contributed by atoms with Crippen molar-refractivity contribution in [1.29, 1.82) is 0 Å². The molecule has 1 saturated heterocycles. The molecule has 2 N–H and O–H groups in total. The zero-order valence-corrected chi connectivity index (χ0v) is 14.9. The molecule has 0 aliphatic carbocycles. The lowest BCUT2D eigenvalue weighted by Crippen LogP contribution is -2.38. The number of rotatable bonds is 8. The van der Waals surface area contributed by atoms with Gasteiger partial charge in [0.25, 0.3) is 0 Å². The first-order valence-corrected chi connectivity index (χ1v) is 9.25. The van der Waals surface area contributed by atoms with Crippen molar-refractivity contribution in [3.8, 4) is 11.3 Å². The molecule has 3 rings (SSSR count). The topological polar surface area (TPSA) is 84.6 Å². The third-order valence-corrected chi connectivity index (χ3v) is 4.72. The van der Waals surface area contributed by atoms with Gasteiger partial charge in [-0.1, -0.05) is 30.3 Å². The van der Waals surface area contributed by atoms with Gasteiger partial charge in [0.1, 0.15) is 0 Å². The van der Waals surface area contributed by atoms with Gasteiger partial charge in [0, 0.05) is 38.2 Å². The average Bonchev–Trinajstić information content (AvgIpc) is 3.16. The van der Waals surface area contributed by atoms with E-state index in [0.717, 1.165) is 24.2 Å². The van der Waals surface area contributed by atoms with E-state index in [0.29, 0.717) is 44.9 Å². The largest absolute Gasteiger partial charge is 0.441 e. The van der Waals surface area contributed by atoms with Crippen LogP contribution >= 0.6 is 0 Å². The van der Waals surface area contributed by atoms with Crippen LogP contribution in [0.15, 0.2) is 40.9 Å². The molecule has 1 aromatic heterocycles. The van der Waals surface area contributed by atoms with Gasteiger partial charge in [0.2, 0.25) is 5.91 Å². The molecule has 0 unspecified atom stereocenters. The molecule has 0 radical (unpaired) electrons. The van der Waals surface area contributed by atoms with Gasteiger partial charge >= 0.3 is 0 Å². The maximum atomic E-state index is 11.9. The SMILES string of the molecule is O=C(CCCc1ncc(-c2ccccc2)o1)NC[C@@H](O)C1CCOCC1. The van der Waals surface area contributed by atoms with Crippen molar-refractivity contribution in [2.45, 2.75) is 38.2 Å². The molecular weight excluding hydrogens is 332 g/mol. The number of ether oxygens (including phenoxy) is 1. The van der Waals surface area contributed by atoms with Gasteiger partial charge < -0.3 is 19.6 Å². The van der Waals surface area contributed by atoms with E-state index in [2.05, 4.69) is 10.3 Å². The van der Waals surface area contributed by atoms with Gasteiger partial charge in [0.15, 0.2) is 11.7 Å². The standard InChI is InChI=1S/C20H26N2O4/c23-17(15-9-11-25-12-10-15)13-21-19(24)7-4-8-20-22-14-18(26-20)16-5-2-1-3-6-16/h1-3,5-6,14-15,17,23H,4,7-13H2,(H,21,24)/t17-/m1/s1. The molecule has 1 fully saturated rings. The number of carbonyl (C=O) groups is 1. The molecule has 1 aliphatic heterocycles. The smallest absolute Gasteiger partial charge is 0.220 e. The van der Waals surface area contributed by atoms with E-state index in [1.54, 1.807) is 6.20 Å². The van der Waals surface area contributed by atoms with Gasteiger partial charge in [-0.2, -0.15) is 0 Å². The fourth-order valence-corrected chi connectivity index (χ4v) is 3.14. The van der Waals surface area contributed by atoms with Crippen LogP contribution in [0.4, 0.5) is 0 Å². The Morgan fingerprint density at radius 1 is 1.27 bits per heavy atom. The van der Waals surface area contributed by atoms with E-state index in [1.807, 2.05) is 30.3 Å². The number of oxazole rings is 1. The van der Waals surface area contributed by atoms with E-state index in [9.17, 15) is 9.90 Å². The number of hydrogen-bond donors (Lipinski definition) is 2. The predicted molar refractivity (Wildman–Crippen MR) is 97.4 cm³/mol. The van der Waals surface area contributed by atoms with Crippen LogP contribution in [-0.4, -0.2) is 41.9 Å². The van der Waals surface area contributed by atoms with Crippen LogP contribution in [0.5, 0.6) is 0 Å². The minimum Gasteiger partial charge on any atom is -0.441 e. The van der Waals surface area contributed by atoms with Gasteiger partial charge in [-0.3, -0.25) is 4.79 Å². The Balaban J connectivity index is 1.35. The average molecular weight is 358 g/mol. The van der Waals surface area contributed by atoms with Crippen LogP contribution in [0.25, 0.3) is 11.3 Å². The van der Waals surface area contributed by atoms with Crippen LogP contribution in [0.3, 0.4) is 0 Å². The fourth-order valence-electron chi connectivity index (χ4n) is 3.14. The second kappa shape index (κ2) is 9.50. The highest BCUT2D eigenvalue weighted by Crippen LogP contribution is 2.20. The monoisotopic (exact) mass is 358 g/mol. The summed E-state index contributed by atoms with van der Waals surface area (Å²) in [7, 11) is 0. The van der Waals surface area contributed by atoms with Crippen molar-refractivity contribution >= 4 is 5.91 Å². The number of aryl methyl sites for hydroxylation is 1. The minimum absolute atomic E-state index is 0.0500. The Hall–Kier alpha value is -2.18. The molecule has 0 bridgehead atoms. The first-order valence-electron chi connectivity index (χ1n) is 9.25. The molecule has 26 heavy (non-hydrogen) atoms. The highest BCUT2D eigenvalue weighted by molar-refractivity contribution is 5.75. The Morgan fingerprint density at radius 2 is 2.04 bits per heavy atom. The highest BCUT2D eigenvalue weighted by Gasteiger charge is 2.22. The van der Waals surface area contributed by atoms with Crippen LogP contribution in [0.1, 0.15) is 31.6 Å². The molecule has 1 aliphatic rings. The maximum absolute atomic E-state index is 11.9. The molecular formula is C20H26N2O4. The number of amides is 1. The normalized spacial score (nSPS) is 16.3. The fraction of sp³-hybridized carbons (Fsp3) is 0.500. The van der Waals surface area contributed by atoms with Crippen molar-refractivity contribution in [1.82, 2.24) is 10.3 Å². The molecule has 1 aromatic carbocycles. The predicted octanol–water partition coefficient (Wildman–Crippen LogP) is 2.57. The van der Waals surface area contributed by atoms with Crippen molar-refractivity contribution < 1.29 is 19.1 Å². The minimum atomic E-state index is -0.497. The summed E-state index contributed by atoms with van der Waals surface area (Å²) >= 11 is 0. The summed E-state index contributed by atoms with van der Waals surface area (Å²) in [5.41, 5.74) is 0.992. The number of aromatic nitrogens is 1. The van der Waals surface area contributed by atoms with Crippen molar-refractivity contribution in [3.63, 3.8) is 0 Å². The second-order valence-electron chi connectivity index (χ2n) is 6.66. The van der Waals surface area contributed by atoms with Gasteiger partial charge in [-0.05, 0) is 25.2 Å². The van der Waals surface area contributed by atoms with Gasteiger partial charge in [-0.25, -0.2) is 4.98 Å². The molecule has 6 heteroatoms. The molecule has 0 spiro atoms. The molecule has 1 atom stereocenters. The number of nitrogens with zero attached hydrogens (tertiary/aromatic N) is 1. The molecule has 6 nitrogen and oxygen atoms in total. The van der Waals surface area contributed by atoms with Crippen molar-refractivity contribution in [3.05, 3.63) is 42.4 Å². The Morgan fingerprint density at radius 3 is 2.81 bits per heavy atom. The van der Waals surface area contributed by atoms with Gasteiger partial charge in [-0.15, -0.1) is 0 Å². The third kappa shape index (κ3) is 5.41. The molecule has 1 amide bonds. The first kappa shape index (κ1) is 18.6. The zero-order valence-electron chi connectivity index (χ0n) is 14.9. The second-order valence-corrected chi connectivity index (χ2v) is 6.66. The summed E-state index contributed by atoms with van der Waals surface area (Å²) < 4.78 is 11.0. The Bertz CT molecular complexity index is 680. The molecule has 140 valence electrons. The van der Waals surface area contributed by atoms with Gasteiger partial charge in [0.05, 0.1) is 12.3 Å². The summed E-state index contributed by atoms with van der Waals surface area (Å²) in [5, 5.41) is 13.0. The van der Waals surface area contributed by atoms with Crippen LogP contribution in [-0.2, 0) is 16.0 Å². The number of aliphatic hydroxyl groups excluding tert-OH is 1. The number of hydrogen-bond acceptors (Lipinski definition) is 5. The summed E-state index contributed by atoms with van der Waals surface area (Å²) in [5.74, 6) is 1.54. The third-order valence-electron chi connectivity index (χ3n) is 4.72. The highest BCUT2D eigenvalue weighted by atomic mass is 16.5. The van der Waals surface area contributed by atoms with E-state index < -0.39 is 6.10 Å². The lowest BCUT2D eigenvalue weighted by atomic mass is 9.94. The lowest BCUT2D eigenvalue weighted by molar-refractivity contribution is -0.122. The van der Waals surface area contributed by atoms with E-state index >= 15 is 0 Å². The summed E-state index contributed by atoms with van der Waals surface area (Å²) in [6, 6.07) is 9.81. The summed E-state index contributed by atoms with van der Waals surface area (Å²) in [6.45, 7) is 1.69. The molecule has 0 saturated carbocycles. The molecule has 2 aromatic rings. The van der Waals surface area contributed by atoms with Crippen LogP contribution < -0.4 is 5.32 Å². The lowest BCUT2D eigenvalue weighted by Gasteiger charge is -2.26. The number of benzene rings is 1. The Kier molecular flexibility index (Phi) is 6.80. The van der Waals surface area contributed by atoms with E-state index in [4.69, 9.17) is 9.15 Å². The maximum Gasteiger partial charge on any atom is 0.220 e. The van der Waals surface area contributed by atoms with Crippen LogP contribution in [0.2, 0.25) is 0 Å². The van der Waals surface area contributed by atoms with Crippen molar-refractivity contribution in [2.24, 2.45) is 5.92 Å². The van der Waals surface area contributed by atoms with E-state index in [1.165, 1.54) is 0 Å². The first-order chi connectivity index (χ1) is 12.7. The number of carbonyl (C=O) groups excluding carboxylic acids is 1. The quantitative estimate of drug-likeness (QED) is 0.758. The zero-order chi connectivity index (χ0) is 18.2.